The first kappa shape index (κ1) is 23.2. The van der Waals surface area contributed by atoms with Crippen LogP contribution in [-0.4, -0.2) is 60.9 Å². The van der Waals surface area contributed by atoms with Crippen LogP contribution in [0.3, 0.4) is 0 Å². The van der Waals surface area contributed by atoms with Crippen molar-refractivity contribution in [2.75, 3.05) is 36.6 Å². The number of Topliss-reactive ketones (excluding diaryl/α,β-unsaturated/α-hetero) is 1. The van der Waals surface area contributed by atoms with Crippen LogP contribution in [0.15, 0.2) is 30.6 Å². The standard InChI is InChI=1S/C24H30N4O4S/c1-24(2,3)22(29)19-14-25-23-21(19)27-20(15-26-23)16-11-17(28-7-5-6-8-28)13-18(12-16)32-9-10-33(4,30)31/h11-15H,5-10H2,1-4H3,(H,25,26). The van der Waals surface area contributed by atoms with Gasteiger partial charge in [-0.2, -0.15) is 0 Å². The highest BCUT2D eigenvalue weighted by atomic mass is 32.2. The minimum Gasteiger partial charge on any atom is -0.492 e. The quantitative estimate of drug-likeness (QED) is 0.523. The third kappa shape index (κ3) is 5.35. The Balaban J connectivity index is 1.74. The fourth-order valence-electron chi connectivity index (χ4n) is 3.89. The lowest BCUT2D eigenvalue weighted by molar-refractivity contribution is 0.0860. The van der Waals surface area contributed by atoms with E-state index in [1.165, 1.54) is 6.26 Å². The van der Waals surface area contributed by atoms with E-state index in [9.17, 15) is 13.2 Å². The minimum absolute atomic E-state index is 0.00388. The lowest BCUT2D eigenvalue weighted by atomic mass is 9.87. The van der Waals surface area contributed by atoms with E-state index in [2.05, 4.69) is 14.9 Å². The molecule has 0 aliphatic carbocycles. The maximum Gasteiger partial charge on any atom is 0.171 e. The summed E-state index contributed by atoms with van der Waals surface area (Å²) in [5, 5.41) is 0. The fraction of sp³-hybridized carbons (Fsp3) is 0.458. The highest BCUT2D eigenvalue weighted by Gasteiger charge is 2.26. The van der Waals surface area contributed by atoms with Crippen molar-refractivity contribution in [2.24, 2.45) is 5.41 Å². The number of aromatic amines is 1. The van der Waals surface area contributed by atoms with Crippen molar-refractivity contribution < 1.29 is 17.9 Å². The highest BCUT2D eigenvalue weighted by molar-refractivity contribution is 7.90. The summed E-state index contributed by atoms with van der Waals surface area (Å²) in [6.45, 7) is 7.63. The normalized spacial score (nSPS) is 14.7. The topological polar surface area (TPSA) is 105 Å². The molecule has 1 N–H and O–H groups in total. The molecule has 3 heterocycles. The van der Waals surface area contributed by atoms with Gasteiger partial charge in [-0.3, -0.25) is 4.79 Å². The number of hydrogen-bond donors (Lipinski definition) is 1. The molecular weight excluding hydrogens is 440 g/mol. The number of rotatable bonds is 7. The minimum atomic E-state index is -3.12. The highest BCUT2D eigenvalue weighted by Crippen LogP contribution is 2.33. The van der Waals surface area contributed by atoms with E-state index in [1.54, 1.807) is 12.4 Å². The Morgan fingerprint density at radius 1 is 1.18 bits per heavy atom. The van der Waals surface area contributed by atoms with Crippen LogP contribution in [0.2, 0.25) is 0 Å². The number of aromatic nitrogens is 3. The van der Waals surface area contributed by atoms with Gasteiger partial charge in [-0.1, -0.05) is 20.8 Å². The van der Waals surface area contributed by atoms with Gasteiger partial charge in [-0.25, -0.2) is 18.4 Å². The van der Waals surface area contributed by atoms with Crippen LogP contribution in [0.4, 0.5) is 5.69 Å². The maximum atomic E-state index is 12.9. The van der Waals surface area contributed by atoms with Gasteiger partial charge < -0.3 is 14.6 Å². The molecule has 1 aromatic carbocycles. The van der Waals surface area contributed by atoms with Gasteiger partial charge in [0, 0.05) is 48.3 Å². The Bertz CT molecular complexity index is 1290. The van der Waals surface area contributed by atoms with Crippen molar-refractivity contribution in [1.82, 2.24) is 15.0 Å². The average Bonchev–Trinajstić information content (AvgIpc) is 3.41. The number of H-pyrrole nitrogens is 1. The molecule has 33 heavy (non-hydrogen) atoms. The fourth-order valence-corrected chi connectivity index (χ4v) is 4.28. The summed E-state index contributed by atoms with van der Waals surface area (Å²) in [6, 6.07) is 5.83. The predicted octanol–water partition coefficient (Wildman–Crippen LogP) is 3.88. The molecule has 0 bridgehead atoms. The van der Waals surface area contributed by atoms with Gasteiger partial charge in [0.25, 0.3) is 0 Å². The molecule has 176 valence electrons. The number of sulfone groups is 1. The molecule has 1 fully saturated rings. The second-order valence-electron chi connectivity index (χ2n) is 9.62. The van der Waals surface area contributed by atoms with Crippen molar-refractivity contribution in [3.05, 3.63) is 36.2 Å². The van der Waals surface area contributed by atoms with Gasteiger partial charge in [-0.15, -0.1) is 0 Å². The summed E-state index contributed by atoms with van der Waals surface area (Å²) in [5.41, 5.74) is 3.51. The largest absolute Gasteiger partial charge is 0.492 e. The van der Waals surface area contributed by atoms with Gasteiger partial charge in [0.05, 0.1) is 23.2 Å². The number of ether oxygens (including phenoxy) is 1. The number of nitrogens with one attached hydrogen (secondary N) is 1. The molecule has 0 amide bonds. The summed E-state index contributed by atoms with van der Waals surface area (Å²) in [5.74, 6) is 0.528. The van der Waals surface area contributed by atoms with Gasteiger partial charge >= 0.3 is 0 Å². The molecule has 4 rings (SSSR count). The molecular formula is C24H30N4O4S. The smallest absolute Gasteiger partial charge is 0.171 e. The SMILES string of the molecule is CC(C)(C)C(=O)c1c[nH]c2ncc(-c3cc(OCCS(C)(=O)=O)cc(N4CCCC4)c3)nc12. The molecule has 2 aromatic heterocycles. The maximum absolute atomic E-state index is 12.9. The summed E-state index contributed by atoms with van der Waals surface area (Å²) in [7, 11) is -3.12. The molecule has 3 aromatic rings. The second-order valence-corrected chi connectivity index (χ2v) is 11.9. The molecule has 1 saturated heterocycles. The molecule has 0 saturated carbocycles. The van der Waals surface area contributed by atoms with E-state index in [-0.39, 0.29) is 18.1 Å². The van der Waals surface area contributed by atoms with Gasteiger partial charge in [0.15, 0.2) is 21.3 Å². The molecule has 1 aliphatic heterocycles. The number of nitrogens with zero attached hydrogens (tertiary/aromatic N) is 3. The summed E-state index contributed by atoms with van der Waals surface area (Å²) >= 11 is 0. The van der Waals surface area contributed by atoms with Crippen LogP contribution in [-0.2, 0) is 9.84 Å². The zero-order valence-corrected chi connectivity index (χ0v) is 20.3. The number of benzene rings is 1. The summed E-state index contributed by atoms with van der Waals surface area (Å²) < 4.78 is 28.8. The van der Waals surface area contributed by atoms with E-state index < -0.39 is 15.3 Å². The van der Waals surface area contributed by atoms with E-state index >= 15 is 0 Å². The zero-order chi connectivity index (χ0) is 23.8. The molecule has 0 unspecified atom stereocenters. The van der Waals surface area contributed by atoms with Crippen LogP contribution < -0.4 is 9.64 Å². The third-order valence-corrected chi connectivity index (χ3v) is 6.60. The van der Waals surface area contributed by atoms with E-state index in [0.29, 0.717) is 28.2 Å². The molecule has 0 radical (unpaired) electrons. The van der Waals surface area contributed by atoms with Crippen molar-refractivity contribution in [2.45, 2.75) is 33.6 Å². The van der Waals surface area contributed by atoms with Gasteiger partial charge in [0.2, 0.25) is 0 Å². The monoisotopic (exact) mass is 470 g/mol. The van der Waals surface area contributed by atoms with Crippen LogP contribution in [0, 0.1) is 5.41 Å². The first-order chi connectivity index (χ1) is 15.5. The molecule has 8 nitrogen and oxygen atoms in total. The summed E-state index contributed by atoms with van der Waals surface area (Å²) in [6.07, 6.45) is 6.79. The van der Waals surface area contributed by atoms with Gasteiger partial charge in [-0.05, 0) is 25.0 Å². The van der Waals surface area contributed by atoms with Crippen molar-refractivity contribution >= 4 is 32.5 Å². The van der Waals surface area contributed by atoms with Crippen LogP contribution in [0.1, 0.15) is 44.0 Å². The number of ketones is 1. The number of hydrogen-bond acceptors (Lipinski definition) is 7. The van der Waals surface area contributed by atoms with E-state index in [1.807, 2.05) is 39.0 Å². The first-order valence-corrected chi connectivity index (χ1v) is 13.2. The van der Waals surface area contributed by atoms with Crippen molar-refractivity contribution in [3.63, 3.8) is 0 Å². The van der Waals surface area contributed by atoms with E-state index in [0.717, 1.165) is 37.2 Å². The van der Waals surface area contributed by atoms with Crippen LogP contribution in [0.25, 0.3) is 22.4 Å². The van der Waals surface area contributed by atoms with E-state index in [4.69, 9.17) is 9.72 Å². The lowest BCUT2D eigenvalue weighted by Gasteiger charge is -2.20. The Labute approximate surface area is 194 Å². The number of anilines is 1. The van der Waals surface area contributed by atoms with Crippen LogP contribution in [0.5, 0.6) is 5.75 Å². The molecule has 0 spiro atoms. The average molecular weight is 471 g/mol. The number of carbonyl (C=O) groups excluding carboxylic acids is 1. The third-order valence-electron chi connectivity index (χ3n) is 5.69. The molecule has 9 heteroatoms. The molecule has 0 atom stereocenters. The Morgan fingerprint density at radius 3 is 2.58 bits per heavy atom. The van der Waals surface area contributed by atoms with Crippen LogP contribution >= 0.6 is 0 Å². The predicted molar refractivity (Wildman–Crippen MR) is 130 cm³/mol. The summed E-state index contributed by atoms with van der Waals surface area (Å²) in [4.78, 5) is 27.5. The Kier molecular flexibility index (Phi) is 6.18. The second kappa shape index (κ2) is 8.78. The van der Waals surface area contributed by atoms with Gasteiger partial charge in [0.1, 0.15) is 17.9 Å². The lowest BCUT2D eigenvalue weighted by Crippen LogP contribution is -2.20. The Morgan fingerprint density at radius 2 is 1.91 bits per heavy atom. The van der Waals surface area contributed by atoms with Crippen molar-refractivity contribution in [3.8, 4) is 17.0 Å². The Hall–Kier alpha value is -2.94. The zero-order valence-electron chi connectivity index (χ0n) is 19.5. The number of carbonyl (C=O) groups is 1. The first-order valence-electron chi connectivity index (χ1n) is 11.1. The molecule has 1 aliphatic rings. The van der Waals surface area contributed by atoms with Crippen molar-refractivity contribution in [1.29, 1.82) is 0 Å². The number of fused-ring (bicyclic) bond motifs is 1.